The van der Waals surface area contributed by atoms with Gasteiger partial charge in [-0.05, 0) is 0 Å². The Bertz CT molecular complexity index is 337. The van der Waals surface area contributed by atoms with Crippen molar-refractivity contribution in [3.8, 4) is 0 Å². The molecule has 0 heterocycles. The minimum Gasteiger partial charge on any atom is 0 e. The van der Waals surface area contributed by atoms with Crippen LogP contribution in [0.15, 0.2) is 0 Å². The quantitative estimate of drug-likeness (QED) is 0.336. The van der Waals surface area contributed by atoms with Crippen LogP contribution in [0.25, 0.3) is 0 Å². The van der Waals surface area contributed by atoms with Crippen LogP contribution < -0.4 is 24.9 Å². The van der Waals surface area contributed by atoms with Crippen LogP contribution in [-0.2, 0) is 83.1 Å². The average Bonchev–Trinajstić information content (AvgIpc) is 1.41. The molecular formula is Cr3O12Zn-6. The molecule has 0 saturated carbocycles. The van der Waals surface area contributed by atoms with Crippen LogP contribution in [0.2, 0.25) is 0 Å². The fourth-order valence-corrected chi connectivity index (χ4v) is 0. The molecule has 0 bridgehead atoms. The van der Waals surface area contributed by atoms with Crippen molar-refractivity contribution in [1.82, 2.24) is 0 Å². The first-order valence-corrected chi connectivity index (χ1v) is 8.25. The Morgan fingerprint density at radius 1 is 0.438 bits per heavy atom. The molecular weight excluding hydrogens is 413 g/mol. The third kappa shape index (κ3) is 4600. The first kappa shape index (κ1) is 25.6. The summed E-state index contributed by atoms with van der Waals surface area (Å²) in [6.45, 7) is 0. The van der Waals surface area contributed by atoms with Crippen molar-refractivity contribution in [1.29, 1.82) is 0 Å². The van der Waals surface area contributed by atoms with E-state index in [0.29, 0.717) is 0 Å². The van der Waals surface area contributed by atoms with Crippen LogP contribution in [0.1, 0.15) is 0 Å². The van der Waals surface area contributed by atoms with Gasteiger partial charge in [-0.15, -0.1) is 0 Å². The van der Waals surface area contributed by atoms with Gasteiger partial charge in [-0.1, -0.05) is 0 Å². The Balaban J connectivity index is -0.0000000655. The Hall–Kier alpha value is 0.781. The summed E-state index contributed by atoms with van der Waals surface area (Å²) in [7, 11) is 0. The van der Waals surface area contributed by atoms with Crippen molar-refractivity contribution in [2.75, 3.05) is 0 Å². The van der Waals surface area contributed by atoms with E-state index in [-0.39, 0.29) is 19.5 Å². The number of hydrogen-bond acceptors (Lipinski definition) is 12. The van der Waals surface area contributed by atoms with Gasteiger partial charge in [0.15, 0.2) is 0 Å². The normalized spacial score (nSPS) is 10.9. The van der Waals surface area contributed by atoms with Gasteiger partial charge in [-0.3, -0.25) is 0 Å². The van der Waals surface area contributed by atoms with E-state index < -0.39 is 40.8 Å². The van der Waals surface area contributed by atoms with E-state index in [1.807, 2.05) is 0 Å². The maximum absolute atomic E-state index is 8.59. The van der Waals surface area contributed by atoms with Crippen LogP contribution in [0.4, 0.5) is 0 Å². The maximum atomic E-state index is 8.59. The Morgan fingerprint density at radius 3 is 0.438 bits per heavy atom. The van der Waals surface area contributed by atoms with Gasteiger partial charge in [0.05, 0.1) is 0 Å². The molecule has 0 aliphatic carbocycles. The van der Waals surface area contributed by atoms with Crippen LogP contribution in [-0.4, -0.2) is 0 Å². The summed E-state index contributed by atoms with van der Waals surface area (Å²) >= 11 is -17.2. The van der Waals surface area contributed by atoms with E-state index in [0.717, 1.165) is 0 Å². The molecule has 0 aromatic rings. The van der Waals surface area contributed by atoms with Crippen molar-refractivity contribution >= 4 is 0 Å². The van der Waals surface area contributed by atoms with E-state index in [1.165, 1.54) is 0 Å². The van der Waals surface area contributed by atoms with E-state index in [9.17, 15) is 0 Å². The Morgan fingerprint density at radius 2 is 0.438 bits per heavy atom. The smallest absolute Gasteiger partial charge is 0 e. The third-order valence-corrected chi connectivity index (χ3v) is 0. The second-order valence-corrected chi connectivity index (χ2v) is 5.05. The van der Waals surface area contributed by atoms with Crippen molar-refractivity contribution < 1.29 is 108 Å². The largest absolute Gasteiger partial charge is 0 e. The van der Waals surface area contributed by atoms with Gasteiger partial charge >= 0.3 is 88.6 Å². The van der Waals surface area contributed by atoms with Crippen molar-refractivity contribution in [3.63, 3.8) is 0 Å². The topological polar surface area (TPSA) is 241 Å². The summed E-state index contributed by atoms with van der Waals surface area (Å²) in [4.78, 5) is 0. The molecule has 12 nitrogen and oxygen atoms in total. The van der Waals surface area contributed by atoms with Gasteiger partial charge in [0.1, 0.15) is 0 Å². The first-order chi connectivity index (χ1) is 6.00. The van der Waals surface area contributed by atoms with E-state index in [4.69, 9.17) is 47.8 Å². The molecule has 16 heteroatoms. The predicted molar refractivity (Wildman–Crippen MR) is 4.12 cm³/mol. The fraction of sp³-hybridized carbons (Fsp3) is 0. The number of hydrogen-bond donors (Lipinski definition) is 0. The summed E-state index contributed by atoms with van der Waals surface area (Å²) in [5.74, 6) is 0. The van der Waals surface area contributed by atoms with Gasteiger partial charge in [0, 0.05) is 19.5 Å². The molecule has 0 saturated heterocycles. The van der Waals surface area contributed by atoms with E-state index >= 15 is 0 Å². The standard InChI is InChI=1S/3Cr.12O.Zn/q;;;;;;;;;6*-1;. The van der Waals surface area contributed by atoms with Crippen molar-refractivity contribution in [2.24, 2.45) is 0 Å². The molecule has 0 unspecified atom stereocenters. The summed E-state index contributed by atoms with van der Waals surface area (Å²) in [6.07, 6.45) is 0. The van der Waals surface area contributed by atoms with E-state index in [2.05, 4.69) is 0 Å². The molecule has 0 aromatic carbocycles. The molecule has 0 aliphatic rings. The van der Waals surface area contributed by atoms with Crippen LogP contribution in [0, 0.1) is 0 Å². The monoisotopic (exact) mass is 412 g/mol. The summed E-state index contributed by atoms with van der Waals surface area (Å²) in [5, 5.41) is 0. The first-order valence-electron chi connectivity index (χ1n) is 2.00. The molecule has 0 aliphatic heterocycles. The average molecular weight is 413 g/mol. The second-order valence-electron chi connectivity index (χ2n) is 1.22. The molecule has 0 spiro atoms. The Kier molecular flexibility index (Phi) is 15.6. The second kappa shape index (κ2) is 9.77. The maximum Gasteiger partial charge on any atom is 0 e. The molecule has 0 fully saturated rings. The zero-order valence-corrected chi connectivity index (χ0v) is 13.6. The molecule has 0 N–H and O–H groups in total. The van der Waals surface area contributed by atoms with Gasteiger partial charge in [-0.2, -0.15) is 0 Å². The molecule has 16 heavy (non-hydrogen) atoms. The van der Waals surface area contributed by atoms with Crippen LogP contribution in [0.5, 0.6) is 0 Å². The minimum absolute atomic E-state index is 0. The zero-order valence-electron chi connectivity index (χ0n) is 6.83. The summed E-state index contributed by atoms with van der Waals surface area (Å²) < 4.78 is 103. The van der Waals surface area contributed by atoms with Crippen LogP contribution in [0.3, 0.4) is 0 Å². The van der Waals surface area contributed by atoms with Gasteiger partial charge in [0.25, 0.3) is 0 Å². The molecule has 0 radical (unpaired) electrons. The van der Waals surface area contributed by atoms with E-state index in [1.54, 1.807) is 0 Å². The summed E-state index contributed by atoms with van der Waals surface area (Å²) in [6, 6.07) is 0. The molecule has 0 amide bonds. The predicted octanol–water partition coefficient (Wildman–Crippen LogP) is -7.86. The number of rotatable bonds is 0. The van der Waals surface area contributed by atoms with Crippen molar-refractivity contribution in [2.45, 2.75) is 0 Å². The molecule has 0 atom stereocenters. The minimum atomic E-state index is -5.75. The van der Waals surface area contributed by atoms with Gasteiger partial charge in [-0.25, -0.2) is 0 Å². The molecule has 0 aromatic heterocycles. The SMILES string of the molecule is [O]=[Cr](=[O])([O-])[O-].[O]=[Cr](=[O])([O-])[O-].[O]=[Cr](=[O])([O-])[O-].[Zn]. The Labute approximate surface area is 107 Å². The van der Waals surface area contributed by atoms with Crippen molar-refractivity contribution in [3.05, 3.63) is 0 Å². The third-order valence-electron chi connectivity index (χ3n) is 0. The molecule has 0 rings (SSSR count). The zero-order chi connectivity index (χ0) is 13.5. The summed E-state index contributed by atoms with van der Waals surface area (Å²) in [5.41, 5.74) is 0. The van der Waals surface area contributed by atoms with Crippen LogP contribution >= 0.6 is 0 Å². The van der Waals surface area contributed by atoms with Gasteiger partial charge in [0.2, 0.25) is 0 Å². The molecule has 98 valence electrons. The fourth-order valence-electron chi connectivity index (χ4n) is 0. The van der Waals surface area contributed by atoms with Gasteiger partial charge < -0.3 is 0 Å².